The smallest absolute Gasteiger partial charge is 0.321 e. The van der Waals surface area contributed by atoms with Crippen molar-refractivity contribution in [3.8, 4) is 0 Å². The van der Waals surface area contributed by atoms with Crippen LogP contribution >= 0.6 is 0 Å². The van der Waals surface area contributed by atoms with Crippen LogP contribution in [0.4, 0.5) is 16.2 Å². The van der Waals surface area contributed by atoms with Crippen molar-refractivity contribution in [3.63, 3.8) is 0 Å². The number of hydrogen-bond acceptors (Lipinski definition) is 3. The third kappa shape index (κ3) is 4.63. The second kappa shape index (κ2) is 8.60. The van der Waals surface area contributed by atoms with Crippen LogP contribution in [0.25, 0.3) is 0 Å². The first-order valence-corrected chi connectivity index (χ1v) is 9.72. The first kappa shape index (κ1) is 18.7. The number of amides is 3. The molecule has 0 unspecified atom stereocenters. The van der Waals surface area contributed by atoms with Gasteiger partial charge in [-0.3, -0.25) is 9.48 Å². The molecule has 2 aromatic carbocycles. The molecule has 3 amide bonds. The molecule has 1 aliphatic rings. The number of hydrogen-bond donors (Lipinski definition) is 2. The second-order valence-electron chi connectivity index (χ2n) is 7.02. The highest BCUT2D eigenvalue weighted by atomic mass is 16.2. The maximum absolute atomic E-state index is 12.7. The van der Waals surface area contributed by atoms with Gasteiger partial charge in [-0.15, -0.1) is 0 Å². The number of nitrogens with one attached hydrogen (secondary N) is 2. The Morgan fingerprint density at radius 1 is 0.897 bits per heavy atom. The van der Waals surface area contributed by atoms with E-state index in [9.17, 15) is 9.59 Å². The number of carbonyl (C=O) groups is 2. The molecule has 0 radical (unpaired) electrons. The first-order chi connectivity index (χ1) is 14.2. The number of para-hydroxylation sites is 2. The number of rotatable bonds is 5. The molecule has 1 saturated heterocycles. The molecule has 7 nitrogen and oxygen atoms in total. The van der Waals surface area contributed by atoms with Crippen molar-refractivity contribution in [1.82, 2.24) is 14.7 Å². The Balaban J connectivity index is 1.42. The van der Waals surface area contributed by atoms with Gasteiger partial charge < -0.3 is 15.5 Å². The van der Waals surface area contributed by atoms with E-state index in [1.54, 1.807) is 35.4 Å². The van der Waals surface area contributed by atoms with Gasteiger partial charge in [0.05, 0.1) is 17.9 Å². The summed E-state index contributed by atoms with van der Waals surface area (Å²) in [6.45, 7) is 2.19. The number of aromatic nitrogens is 2. The number of nitrogens with zero attached hydrogens (tertiary/aromatic N) is 3. The zero-order valence-electron chi connectivity index (χ0n) is 16.0. The van der Waals surface area contributed by atoms with Crippen molar-refractivity contribution in [2.45, 2.75) is 19.4 Å². The number of benzene rings is 2. The fourth-order valence-electron chi connectivity index (χ4n) is 3.35. The van der Waals surface area contributed by atoms with E-state index >= 15 is 0 Å². The third-order valence-electron chi connectivity index (χ3n) is 4.93. The Hall–Kier alpha value is -3.61. The average molecular weight is 389 g/mol. The van der Waals surface area contributed by atoms with Gasteiger partial charge in [0.2, 0.25) is 0 Å². The van der Waals surface area contributed by atoms with Gasteiger partial charge in [0.25, 0.3) is 5.91 Å². The normalized spacial score (nSPS) is 13.3. The highest BCUT2D eigenvalue weighted by Gasteiger charge is 2.19. The van der Waals surface area contributed by atoms with Gasteiger partial charge in [-0.25, -0.2) is 4.79 Å². The fraction of sp³-hybridized carbons (Fsp3) is 0.227. The largest absolute Gasteiger partial charge is 0.325 e. The molecule has 0 spiro atoms. The Morgan fingerprint density at radius 3 is 2.24 bits per heavy atom. The van der Waals surface area contributed by atoms with Crippen molar-refractivity contribution in [2.75, 3.05) is 23.7 Å². The minimum Gasteiger partial charge on any atom is -0.325 e. The standard InChI is InChI=1S/C22H23N5O2/c28-21(18-10-8-17(9-11-18)16-27-15-5-12-23-27)24-19-6-1-2-7-20(19)25-22(29)26-13-3-4-14-26/h1-2,5-12,15H,3-4,13-14,16H2,(H,24,28)(H,25,29). The van der Waals surface area contributed by atoms with E-state index in [0.717, 1.165) is 31.5 Å². The molecular weight excluding hydrogens is 366 g/mol. The van der Waals surface area contributed by atoms with E-state index in [0.29, 0.717) is 23.5 Å². The van der Waals surface area contributed by atoms with Crippen molar-refractivity contribution >= 4 is 23.3 Å². The molecule has 0 saturated carbocycles. The van der Waals surface area contributed by atoms with Crippen molar-refractivity contribution in [2.24, 2.45) is 0 Å². The number of anilines is 2. The number of urea groups is 1. The fourth-order valence-corrected chi connectivity index (χ4v) is 3.35. The van der Waals surface area contributed by atoms with Crippen LogP contribution in [0.5, 0.6) is 0 Å². The molecule has 3 aromatic rings. The Kier molecular flexibility index (Phi) is 5.56. The lowest BCUT2D eigenvalue weighted by atomic mass is 10.1. The summed E-state index contributed by atoms with van der Waals surface area (Å²) in [4.78, 5) is 26.9. The lowest BCUT2D eigenvalue weighted by molar-refractivity contribution is 0.102. The Morgan fingerprint density at radius 2 is 1.59 bits per heavy atom. The lowest BCUT2D eigenvalue weighted by Gasteiger charge is -2.18. The van der Waals surface area contributed by atoms with Gasteiger partial charge in [-0.05, 0) is 48.7 Å². The van der Waals surface area contributed by atoms with E-state index in [1.165, 1.54) is 0 Å². The summed E-state index contributed by atoms with van der Waals surface area (Å²) in [6, 6.07) is 16.4. The number of carbonyl (C=O) groups excluding carboxylic acids is 2. The van der Waals surface area contributed by atoms with E-state index in [4.69, 9.17) is 0 Å². The molecule has 0 aliphatic carbocycles. The summed E-state index contributed by atoms with van der Waals surface area (Å²) in [5.41, 5.74) is 2.78. The molecule has 2 heterocycles. The Labute approximate surface area is 169 Å². The van der Waals surface area contributed by atoms with Crippen LogP contribution in [0.15, 0.2) is 67.0 Å². The summed E-state index contributed by atoms with van der Waals surface area (Å²) in [6.07, 6.45) is 5.69. The van der Waals surface area contributed by atoms with Gasteiger partial charge >= 0.3 is 6.03 Å². The lowest BCUT2D eigenvalue weighted by Crippen LogP contribution is -2.32. The van der Waals surface area contributed by atoms with Gasteiger partial charge in [-0.2, -0.15) is 5.10 Å². The van der Waals surface area contributed by atoms with Crippen LogP contribution in [0.1, 0.15) is 28.8 Å². The number of likely N-dealkylation sites (tertiary alicyclic amines) is 1. The SMILES string of the molecule is O=C(Nc1ccccc1NC(=O)N1CCCC1)c1ccc(Cn2cccn2)cc1. The van der Waals surface area contributed by atoms with Gasteiger partial charge in [-0.1, -0.05) is 24.3 Å². The molecule has 7 heteroatoms. The van der Waals surface area contributed by atoms with Crippen LogP contribution in [-0.2, 0) is 6.54 Å². The molecule has 2 N–H and O–H groups in total. The molecule has 1 fully saturated rings. The zero-order valence-corrected chi connectivity index (χ0v) is 16.0. The summed E-state index contributed by atoms with van der Waals surface area (Å²) in [7, 11) is 0. The van der Waals surface area contributed by atoms with E-state index in [2.05, 4.69) is 15.7 Å². The minimum atomic E-state index is -0.224. The molecule has 0 atom stereocenters. The maximum atomic E-state index is 12.7. The van der Waals surface area contributed by atoms with Crippen molar-refractivity contribution in [1.29, 1.82) is 0 Å². The van der Waals surface area contributed by atoms with Crippen LogP contribution in [0, 0.1) is 0 Å². The summed E-state index contributed by atoms with van der Waals surface area (Å²) in [5, 5.41) is 9.99. The predicted molar refractivity (Wildman–Crippen MR) is 112 cm³/mol. The average Bonchev–Trinajstić information content (AvgIpc) is 3.44. The van der Waals surface area contributed by atoms with Gasteiger partial charge in [0.15, 0.2) is 0 Å². The molecule has 4 rings (SSSR count). The summed E-state index contributed by atoms with van der Waals surface area (Å²) >= 11 is 0. The summed E-state index contributed by atoms with van der Waals surface area (Å²) < 4.78 is 1.83. The first-order valence-electron chi connectivity index (χ1n) is 9.72. The van der Waals surface area contributed by atoms with E-state index in [-0.39, 0.29) is 11.9 Å². The topological polar surface area (TPSA) is 79.3 Å². The molecule has 1 aromatic heterocycles. The molecule has 0 bridgehead atoms. The third-order valence-corrected chi connectivity index (χ3v) is 4.93. The van der Waals surface area contributed by atoms with Crippen LogP contribution in [0.3, 0.4) is 0 Å². The Bertz CT molecular complexity index is 977. The molecule has 1 aliphatic heterocycles. The van der Waals surface area contributed by atoms with Crippen LogP contribution < -0.4 is 10.6 Å². The monoisotopic (exact) mass is 389 g/mol. The van der Waals surface area contributed by atoms with Crippen LogP contribution in [0.2, 0.25) is 0 Å². The minimum absolute atomic E-state index is 0.132. The maximum Gasteiger partial charge on any atom is 0.321 e. The molecule has 29 heavy (non-hydrogen) atoms. The highest BCUT2D eigenvalue weighted by Crippen LogP contribution is 2.23. The van der Waals surface area contributed by atoms with Gasteiger partial charge in [0.1, 0.15) is 0 Å². The highest BCUT2D eigenvalue weighted by molar-refractivity contribution is 6.07. The predicted octanol–water partition coefficient (Wildman–Crippen LogP) is 3.81. The van der Waals surface area contributed by atoms with Crippen molar-refractivity contribution < 1.29 is 9.59 Å². The van der Waals surface area contributed by atoms with Crippen LogP contribution in [-0.4, -0.2) is 39.7 Å². The van der Waals surface area contributed by atoms with E-state index in [1.807, 2.05) is 41.2 Å². The quantitative estimate of drug-likeness (QED) is 0.696. The zero-order chi connectivity index (χ0) is 20.1. The van der Waals surface area contributed by atoms with Crippen molar-refractivity contribution in [3.05, 3.63) is 78.1 Å². The molecule has 148 valence electrons. The van der Waals surface area contributed by atoms with Gasteiger partial charge in [0, 0.05) is 31.0 Å². The summed E-state index contributed by atoms with van der Waals surface area (Å²) in [5.74, 6) is -0.224. The second-order valence-corrected chi connectivity index (χ2v) is 7.02. The molecular formula is C22H23N5O2. The van der Waals surface area contributed by atoms with E-state index < -0.39 is 0 Å².